The number of methoxy groups -OCH3 is 1. The fourth-order valence-electron chi connectivity index (χ4n) is 2.01. The molecule has 1 aromatic carbocycles. The average Bonchev–Trinajstić information content (AvgIpc) is 2.75. The van der Waals surface area contributed by atoms with E-state index in [0.29, 0.717) is 22.6 Å². The number of hydrogen-bond acceptors (Lipinski definition) is 4. The highest BCUT2D eigenvalue weighted by molar-refractivity contribution is 7.90. The van der Waals surface area contributed by atoms with E-state index < -0.39 is 10.0 Å². The summed E-state index contributed by atoms with van der Waals surface area (Å²) in [4.78, 5) is 4.33. The number of ether oxygens (including phenoxy) is 1. The first-order valence-corrected chi connectivity index (χ1v) is 6.99. The number of rotatable bonds is 2. The van der Waals surface area contributed by atoms with Crippen molar-refractivity contribution in [2.45, 2.75) is 4.90 Å². The Morgan fingerprint density at radius 3 is 2.68 bits per heavy atom. The van der Waals surface area contributed by atoms with Crippen LogP contribution in [0.1, 0.15) is 5.56 Å². The van der Waals surface area contributed by atoms with Crippen molar-refractivity contribution in [1.29, 1.82) is 0 Å². The smallest absolute Gasteiger partial charge is 0.283 e. The SMILES string of the molecule is COc1ccc(-c2cccc3c2S(=O)(=O)N=C3)cn1. The molecule has 5 nitrogen and oxygen atoms in total. The second kappa shape index (κ2) is 4.17. The summed E-state index contributed by atoms with van der Waals surface area (Å²) in [7, 11) is -2.06. The normalized spacial score (nSPS) is 15.2. The molecule has 0 unspecified atom stereocenters. The lowest BCUT2D eigenvalue weighted by Crippen LogP contribution is -1.97. The maximum Gasteiger partial charge on any atom is 0.283 e. The molecule has 1 aliphatic heterocycles. The Morgan fingerprint density at radius 1 is 1.16 bits per heavy atom. The maximum atomic E-state index is 11.9. The van der Waals surface area contributed by atoms with Crippen molar-refractivity contribution in [2.75, 3.05) is 7.11 Å². The van der Waals surface area contributed by atoms with Crippen LogP contribution >= 0.6 is 0 Å². The first-order valence-electron chi connectivity index (χ1n) is 5.55. The van der Waals surface area contributed by atoms with Crippen LogP contribution in [0, 0.1) is 0 Å². The summed E-state index contributed by atoms with van der Waals surface area (Å²) in [6, 6.07) is 8.73. The first-order chi connectivity index (χ1) is 9.12. The molecule has 19 heavy (non-hydrogen) atoms. The maximum absolute atomic E-state index is 11.9. The van der Waals surface area contributed by atoms with Gasteiger partial charge in [0.1, 0.15) is 4.90 Å². The van der Waals surface area contributed by atoms with Gasteiger partial charge in [-0.05, 0) is 6.07 Å². The molecule has 0 amide bonds. The van der Waals surface area contributed by atoms with Gasteiger partial charge in [-0.2, -0.15) is 12.8 Å². The van der Waals surface area contributed by atoms with Crippen LogP contribution in [0.15, 0.2) is 45.8 Å². The van der Waals surface area contributed by atoms with Gasteiger partial charge in [0.2, 0.25) is 5.88 Å². The van der Waals surface area contributed by atoms with Crippen LogP contribution in [0.5, 0.6) is 5.88 Å². The van der Waals surface area contributed by atoms with E-state index in [9.17, 15) is 8.42 Å². The summed E-state index contributed by atoms with van der Waals surface area (Å²) in [5.41, 5.74) is 1.92. The Bertz CT molecular complexity index is 765. The molecule has 1 aromatic heterocycles. The second-order valence-electron chi connectivity index (χ2n) is 4.02. The van der Waals surface area contributed by atoms with E-state index in [1.54, 1.807) is 36.5 Å². The van der Waals surface area contributed by atoms with E-state index in [2.05, 4.69) is 9.38 Å². The number of aromatic nitrogens is 1. The zero-order valence-corrected chi connectivity index (χ0v) is 10.9. The van der Waals surface area contributed by atoms with Gasteiger partial charge in [-0.3, -0.25) is 0 Å². The van der Waals surface area contributed by atoms with Gasteiger partial charge in [-0.15, -0.1) is 0 Å². The predicted octanol–water partition coefficient (Wildman–Crippen LogP) is 1.88. The lowest BCUT2D eigenvalue weighted by Gasteiger charge is -2.07. The molecule has 3 rings (SSSR count). The standard InChI is InChI=1S/C13H10N2O3S/c1-18-12-6-5-9(7-14-12)11-4-2-3-10-8-15-19(16,17)13(10)11/h2-8H,1H3. The van der Waals surface area contributed by atoms with Gasteiger partial charge >= 0.3 is 0 Å². The second-order valence-corrected chi connectivity index (χ2v) is 5.59. The van der Waals surface area contributed by atoms with Crippen LogP contribution in [-0.4, -0.2) is 26.7 Å². The van der Waals surface area contributed by atoms with Gasteiger partial charge in [-0.25, -0.2) is 4.98 Å². The van der Waals surface area contributed by atoms with E-state index in [1.165, 1.54) is 13.3 Å². The molecule has 0 N–H and O–H groups in total. The molecule has 96 valence electrons. The molecule has 0 saturated carbocycles. The highest BCUT2D eigenvalue weighted by Crippen LogP contribution is 2.33. The minimum absolute atomic E-state index is 0.238. The summed E-state index contributed by atoms with van der Waals surface area (Å²) in [6.07, 6.45) is 2.95. The largest absolute Gasteiger partial charge is 0.481 e. The average molecular weight is 274 g/mol. The zero-order chi connectivity index (χ0) is 13.5. The molecule has 0 saturated heterocycles. The Kier molecular flexibility index (Phi) is 2.60. The van der Waals surface area contributed by atoms with Crippen LogP contribution in [0.25, 0.3) is 11.1 Å². The van der Waals surface area contributed by atoms with Crippen LogP contribution in [0.4, 0.5) is 0 Å². The molecular weight excluding hydrogens is 264 g/mol. The van der Waals surface area contributed by atoms with Gasteiger partial charge in [0.25, 0.3) is 10.0 Å². The van der Waals surface area contributed by atoms with E-state index in [1.807, 2.05) is 0 Å². The molecule has 0 aliphatic carbocycles. The van der Waals surface area contributed by atoms with Crippen LogP contribution in [0.3, 0.4) is 0 Å². The lowest BCUT2D eigenvalue weighted by molar-refractivity contribution is 0.398. The first kappa shape index (κ1) is 11.9. The summed E-state index contributed by atoms with van der Waals surface area (Å²) < 4.78 is 32.4. The number of sulfonamides is 1. The monoisotopic (exact) mass is 274 g/mol. The Labute approximate surface area is 110 Å². The molecule has 0 fully saturated rings. The number of benzene rings is 1. The third-order valence-electron chi connectivity index (χ3n) is 2.89. The molecule has 2 aromatic rings. The van der Waals surface area contributed by atoms with E-state index >= 15 is 0 Å². The number of nitrogens with zero attached hydrogens (tertiary/aromatic N) is 2. The molecule has 0 radical (unpaired) electrons. The van der Waals surface area contributed by atoms with Crippen LogP contribution in [-0.2, 0) is 10.0 Å². The third kappa shape index (κ3) is 1.90. The molecule has 2 heterocycles. The number of fused-ring (bicyclic) bond motifs is 1. The molecule has 0 spiro atoms. The van der Waals surface area contributed by atoms with Crippen molar-refractivity contribution in [3.05, 3.63) is 42.1 Å². The molecule has 1 aliphatic rings. The summed E-state index contributed by atoms with van der Waals surface area (Å²) in [5.74, 6) is 0.482. The molecule has 0 atom stereocenters. The lowest BCUT2D eigenvalue weighted by atomic mass is 10.1. The summed E-state index contributed by atoms with van der Waals surface area (Å²) in [5, 5.41) is 0. The summed E-state index contributed by atoms with van der Waals surface area (Å²) in [6.45, 7) is 0. The fourth-order valence-corrected chi connectivity index (χ4v) is 3.25. The zero-order valence-electron chi connectivity index (χ0n) is 10.1. The highest BCUT2D eigenvalue weighted by atomic mass is 32.2. The van der Waals surface area contributed by atoms with Gasteiger partial charge in [0.05, 0.1) is 7.11 Å². The minimum atomic E-state index is -3.59. The van der Waals surface area contributed by atoms with Crippen molar-refractivity contribution in [1.82, 2.24) is 4.98 Å². The van der Waals surface area contributed by atoms with E-state index in [0.717, 1.165) is 0 Å². The Balaban J connectivity index is 2.20. The molecule has 0 bridgehead atoms. The van der Waals surface area contributed by atoms with Crippen molar-refractivity contribution < 1.29 is 13.2 Å². The Morgan fingerprint density at radius 2 is 2.00 bits per heavy atom. The Hall–Kier alpha value is -2.21. The molecular formula is C13H10N2O3S. The molecule has 6 heteroatoms. The van der Waals surface area contributed by atoms with Crippen molar-refractivity contribution in [3.63, 3.8) is 0 Å². The van der Waals surface area contributed by atoms with Crippen LogP contribution in [0.2, 0.25) is 0 Å². The third-order valence-corrected chi connectivity index (χ3v) is 4.24. The van der Waals surface area contributed by atoms with Gasteiger partial charge in [-0.1, -0.05) is 18.2 Å². The van der Waals surface area contributed by atoms with Crippen molar-refractivity contribution >= 4 is 16.2 Å². The van der Waals surface area contributed by atoms with E-state index in [4.69, 9.17) is 4.74 Å². The quantitative estimate of drug-likeness (QED) is 0.838. The van der Waals surface area contributed by atoms with E-state index in [-0.39, 0.29) is 4.90 Å². The van der Waals surface area contributed by atoms with Gasteiger partial charge in [0.15, 0.2) is 0 Å². The van der Waals surface area contributed by atoms with Crippen LogP contribution < -0.4 is 4.74 Å². The van der Waals surface area contributed by atoms with Gasteiger partial charge in [0, 0.05) is 35.2 Å². The topological polar surface area (TPSA) is 68.6 Å². The predicted molar refractivity (Wildman–Crippen MR) is 71.0 cm³/mol. The summed E-state index contributed by atoms with van der Waals surface area (Å²) >= 11 is 0. The minimum Gasteiger partial charge on any atom is -0.481 e. The van der Waals surface area contributed by atoms with Crippen molar-refractivity contribution in [3.8, 4) is 17.0 Å². The number of hydrogen-bond donors (Lipinski definition) is 0. The number of pyridine rings is 1. The van der Waals surface area contributed by atoms with Crippen molar-refractivity contribution in [2.24, 2.45) is 4.40 Å². The fraction of sp³-hybridized carbons (Fsp3) is 0.0769. The highest BCUT2D eigenvalue weighted by Gasteiger charge is 2.26. The van der Waals surface area contributed by atoms with Gasteiger partial charge < -0.3 is 4.74 Å².